The van der Waals surface area contributed by atoms with Gasteiger partial charge in [0.1, 0.15) is 5.60 Å². The number of carbonyl (C=O) groups is 2. The van der Waals surface area contributed by atoms with Crippen molar-refractivity contribution in [2.75, 3.05) is 5.32 Å². The average molecular weight is 296 g/mol. The molecule has 0 saturated carbocycles. The standard InChI is InChI=1S/C14H20N2O3S/c1-14(2,3)19-12(18)8-7-11(17)16-13-15-9-5-4-6-10(9)20-13/h4-8H2,1-3H3,(H,15,16,17). The Bertz CT molecular complexity index is 495. The summed E-state index contributed by atoms with van der Waals surface area (Å²) in [6.07, 6.45) is 3.43. The van der Waals surface area contributed by atoms with E-state index in [-0.39, 0.29) is 24.7 Å². The number of aromatic nitrogens is 1. The molecule has 1 aliphatic rings. The van der Waals surface area contributed by atoms with Gasteiger partial charge in [-0.15, -0.1) is 11.3 Å². The Hall–Kier alpha value is -1.43. The number of aryl methyl sites for hydroxylation is 2. The van der Waals surface area contributed by atoms with E-state index in [0.717, 1.165) is 25.0 Å². The number of thiazole rings is 1. The molecule has 6 heteroatoms. The number of hydrogen-bond donors (Lipinski definition) is 1. The quantitative estimate of drug-likeness (QED) is 0.867. The van der Waals surface area contributed by atoms with E-state index in [9.17, 15) is 9.59 Å². The van der Waals surface area contributed by atoms with Gasteiger partial charge >= 0.3 is 5.97 Å². The van der Waals surface area contributed by atoms with Crippen molar-refractivity contribution in [2.45, 2.75) is 58.5 Å². The van der Waals surface area contributed by atoms with Crippen LogP contribution in [0, 0.1) is 0 Å². The van der Waals surface area contributed by atoms with Crippen LogP contribution in [-0.4, -0.2) is 22.5 Å². The predicted molar refractivity (Wildman–Crippen MR) is 77.8 cm³/mol. The molecule has 0 unspecified atom stereocenters. The highest BCUT2D eigenvalue weighted by Gasteiger charge is 2.19. The first-order chi connectivity index (χ1) is 9.33. The predicted octanol–water partition coefficient (Wildman–Crippen LogP) is 2.69. The minimum atomic E-state index is -0.510. The second-order valence-corrected chi connectivity index (χ2v) is 6.96. The Labute approximate surface area is 122 Å². The van der Waals surface area contributed by atoms with Gasteiger partial charge in [0.05, 0.1) is 12.1 Å². The zero-order valence-corrected chi connectivity index (χ0v) is 12.9. The third-order valence-corrected chi connectivity index (χ3v) is 3.89. The van der Waals surface area contributed by atoms with Crippen LogP contribution in [0.15, 0.2) is 0 Å². The molecule has 0 aromatic carbocycles. The largest absolute Gasteiger partial charge is 0.460 e. The summed E-state index contributed by atoms with van der Waals surface area (Å²) < 4.78 is 5.16. The zero-order chi connectivity index (χ0) is 14.8. The van der Waals surface area contributed by atoms with Crippen molar-refractivity contribution in [1.29, 1.82) is 0 Å². The SMILES string of the molecule is CC(C)(C)OC(=O)CCC(=O)Nc1nc2c(s1)CCC2. The van der Waals surface area contributed by atoms with E-state index >= 15 is 0 Å². The summed E-state index contributed by atoms with van der Waals surface area (Å²) in [6.45, 7) is 5.42. The van der Waals surface area contributed by atoms with Crippen LogP contribution < -0.4 is 5.32 Å². The number of esters is 1. The van der Waals surface area contributed by atoms with Gasteiger partial charge in [-0.1, -0.05) is 0 Å². The Morgan fingerprint density at radius 2 is 2.05 bits per heavy atom. The molecule has 20 heavy (non-hydrogen) atoms. The third kappa shape index (κ3) is 4.30. The summed E-state index contributed by atoms with van der Waals surface area (Å²) in [5.41, 5.74) is 0.598. The fraction of sp³-hybridized carbons (Fsp3) is 0.643. The number of anilines is 1. The highest BCUT2D eigenvalue weighted by Crippen LogP contribution is 2.30. The second-order valence-electron chi connectivity index (χ2n) is 5.88. The van der Waals surface area contributed by atoms with Crippen molar-refractivity contribution in [2.24, 2.45) is 0 Å². The van der Waals surface area contributed by atoms with Crippen molar-refractivity contribution in [1.82, 2.24) is 4.98 Å². The molecule has 1 amide bonds. The van der Waals surface area contributed by atoms with E-state index in [1.165, 1.54) is 16.2 Å². The van der Waals surface area contributed by atoms with Gasteiger partial charge < -0.3 is 10.1 Å². The number of ether oxygens (including phenoxy) is 1. The van der Waals surface area contributed by atoms with Crippen LogP contribution in [0.25, 0.3) is 0 Å². The Morgan fingerprint density at radius 3 is 2.70 bits per heavy atom. The van der Waals surface area contributed by atoms with E-state index in [0.29, 0.717) is 5.13 Å². The van der Waals surface area contributed by atoms with Gasteiger partial charge in [-0.2, -0.15) is 0 Å². The average Bonchev–Trinajstić information content (AvgIpc) is 2.84. The van der Waals surface area contributed by atoms with Crippen molar-refractivity contribution in [3.8, 4) is 0 Å². The van der Waals surface area contributed by atoms with Gasteiger partial charge in [0.2, 0.25) is 5.91 Å². The molecule has 0 atom stereocenters. The molecule has 0 aliphatic heterocycles. The normalized spacial score (nSPS) is 13.9. The number of hydrogen-bond acceptors (Lipinski definition) is 5. The van der Waals surface area contributed by atoms with Crippen LogP contribution in [0.3, 0.4) is 0 Å². The minimum absolute atomic E-state index is 0.0915. The fourth-order valence-electron chi connectivity index (χ4n) is 2.03. The first-order valence-corrected chi connectivity index (χ1v) is 7.65. The zero-order valence-electron chi connectivity index (χ0n) is 12.1. The van der Waals surface area contributed by atoms with Gasteiger partial charge in [-0.3, -0.25) is 9.59 Å². The molecule has 2 rings (SSSR count). The monoisotopic (exact) mass is 296 g/mol. The smallest absolute Gasteiger partial charge is 0.306 e. The van der Waals surface area contributed by atoms with Crippen LogP contribution in [0.5, 0.6) is 0 Å². The number of amides is 1. The number of rotatable bonds is 4. The lowest BCUT2D eigenvalue weighted by Gasteiger charge is -2.19. The van der Waals surface area contributed by atoms with E-state index in [4.69, 9.17) is 4.74 Å². The summed E-state index contributed by atoms with van der Waals surface area (Å²) in [7, 11) is 0. The van der Waals surface area contributed by atoms with Crippen molar-refractivity contribution in [3.05, 3.63) is 10.6 Å². The summed E-state index contributed by atoms with van der Waals surface area (Å²) in [5.74, 6) is -0.544. The molecule has 0 saturated heterocycles. The number of nitrogens with zero attached hydrogens (tertiary/aromatic N) is 1. The molecule has 1 N–H and O–H groups in total. The van der Waals surface area contributed by atoms with Crippen LogP contribution >= 0.6 is 11.3 Å². The maximum Gasteiger partial charge on any atom is 0.306 e. The molecule has 0 radical (unpaired) electrons. The molecule has 1 heterocycles. The van der Waals surface area contributed by atoms with E-state index in [2.05, 4.69) is 10.3 Å². The summed E-state index contributed by atoms with van der Waals surface area (Å²) >= 11 is 1.54. The van der Waals surface area contributed by atoms with Crippen molar-refractivity contribution >= 4 is 28.3 Å². The number of nitrogens with one attached hydrogen (secondary N) is 1. The lowest BCUT2D eigenvalue weighted by atomic mass is 10.2. The maximum absolute atomic E-state index is 11.8. The summed E-state index contributed by atoms with van der Waals surface area (Å²) in [6, 6.07) is 0. The molecule has 1 aromatic heterocycles. The van der Waals surface area contributed by atoms with E-state index in [1.807, 2.05) is 20.8 Å². The molecule has 0 bridgehead atoms. The minimum Gasteiger partial charge on any atom is -0.460 e. The molecular weight excluding hydrogens is 276 g/mol. The number of carbonyl (C=O) groups excluding carboxylic acids is 2. The topological polar surface area (TPSA) is 68.3 Å². The van der Waals surface area contributed by atoms with Crippen molar-refractivity contribution < 1.29 is 14.3 Å². The molecule has 0 spiro atoms. The van der Waals surface area contributed by atoms with Gasteiger partial charge in [0, 0.05) is 11.3 Å². The maximum atomic E-state index is 11.8. The van der Waals surface area contributed by atoms with E-state index in [1.54, 1.807) is 0 Å². The molecular formula is C14H20N2O3S. The molecule has 1 aliphatic carbocycles. The lowest BCUT2D eigenvalue weighted by Crippen LogP contribution is -2.24. The van der Waals surface area contributed by atoms with Gasteiger partial charge in [0.25, 0.3) is 0 Å². The Kier molecular flexibility index (Phi) is 4.42. The highest BCUT2D eigenvalue weighted by atomic mass is 32.1. The van der Waals surface area contributed by atoms with Crippen molar-refractivity contribution in [3.63, 3.8) is 0 Å². The van der Waals surface area contributed by atoms with Crippen LogP contribution in [-0.2, 0) is 27.2 Å². The van der Waals surface area contributed by atoms with E-state index < -0.39 is 5.60 Å². The Balaban J connectivity index is 1.76. The fourth-order valence-corrected chi connectivity index (χ4v) is 3.10. The summed E-state index contributed by atoms with van der Waals surface area (Å²) in [5, 5.41) is 3.39. The third-order valence-electron chi connectivity index (χ3n) is 2.82. The van der Waals surface area contributed by atoms with Gasteiger partial charge in [0.15, 0.2) is 5.13 Å². The Morgan fingerprint density at radius 1 is 1.30 bits per heavy atom. The van der Waals surface area contributed by atoms with Crippen LogP contribution in [0.4, 0.5) is 5.13 Å². The first kappa shape index (κ1) is 15.0. The van der Waals surface area contributed by atoms with Crippen LogP contribution in [0.1, 0.15) is 50.6 Å². The molecule has 0 fully saturated rings. The first-order valence-electron chi connectivity index (χ1n) is 6.84. The molecule has 1 aromatic rings. The highest BCUT2D eigenvalue weighted by molar-refractivity contribution is 7.15. The van der Waals surface area contributed by atoms with Gasteiger partial charge in [-0.25, -0.2) is 4.98 Å². The molecule has 5 nitrogen and oxygen atoms in total. The van der Waals surface area contributed by atoms with Crippen LogP contribution in [0.2, 0.25) is 0 Å². The summed E-state index contributed by atoms with van der Waals surface area (Å²) in [4.78, 5) is 28.9. The van der Waals surface area contributed by atoms with Gasteiger partial charge in [-0.05, 0) is 40.0 Å². The number of fused-ring (bicyclic) bond motifs is 1. The molecule has 110 valence electrons. The lowest BCUT2D eigenvalue weighted by molar-refractivity contribution is -0.155. The second kappa shape index (κ2) is 5.91.